The Bertz CT molecular complexity index is 380. The van der Waals surface area contributed by atoms with Gasteiger partial charge in [0.25, 0.3) is 0 Å². The van der Waals surface area contributed by atoms with Gasteiger partial charge in [0.15, 0.2) is 0 Å². The summed E-state index contributed by atoms with van der Waals surface area (Å²) in [6.45, 7) is 2.26. The molecule has 0 unspecified atom stereocenters. The Morgan fingerprint density at radius 1 is 1.50 bits per heavy atom. The maximum atomic E-state index is 10.6. The predicted octanol–water partition coefficient (Wildman–Crippen LogP) is 2.99. The van der Waals surface area contributed by atoms with E-state index in [0.717, 1.165) is 5.01 Å². The van der Waals surface area contributed by atoms with Crippen molar-refractivity contribution in [3.63, 3.8) is 0 Å². The minimum atomic E-state index is -0.800. The second-order valence-corrected chi connectivity index (χ2v) is 5.69. The van der Waals surface area contributed by atoms with E-state index >= 15 is 0 Å². The molecule has 1 aromatic rings. The van der Waals surface area contributed by atoms with Crippen LogP contribution >= 0.6 is 11.3 Å². The lowest BCUT2D eigenvalue weighted by Crippen LogP contribution is -2.24. The van der Waals surface area contributed by atoms with E-state index in [-0.39, 0.29) is 11.8 Å². The number of carboxylic acids is 1. The van der Waals surface area contributed by atoms with Crippen molar-refractivity contribution >= 4 is 17.3 Å². The summed E-state index contributed by atoms with van der Waals surface area (Å²) in [5.41, 5.74) is 0.902. The number of carboxylic acid groups (broad SMARTS) is 1. The van der Waals surface area contributed by atoms with Crippen LogP contribution < -0.4 is 0 Å². The van der Waals surface area contributed by atoms with Crippen LogP contribution in [-0.4, -0.2) is 16.1 Å². The summed E-state index contributed by atoms with van der Waals surface area (Å²) >= 11 is 1.62. The van der Waals surface area contributed by atoms with Crippen LogP contribution in [0.5, 0.6) is 0 Å². The van der Waals surface area contributed by atoms with Crippen LogP contribution in [0.25, 0.3) is 0 Å². The molecule has 1 aliphatic carbocycles. The predicted molar refractivity (Wildman–Crippen MR) is 63.9 cm³/mol. The summed E-state index contributed by atoms with van der Waals surface area (Å²) in [6, 6.07) is 0. The van der Waals surface area contributed by atoms with Gasteiger partial charge in [-0.1, -0.05) is 26.2 Å². The highest BCUT2D eigenvalue weighted by atomic mass is 32.1. The summed E-state index contributed by atoms with van der Waals surface area (Å²) in [5, 5.41) is 11.7. The van der Waals surface area contributed by atoms with Crippen molar-refractivity contribution in [2.75, 3.05) is 0 Å². The first kappa shape index (κ1) is 11.6. The minimum Gasteiger partial charge on any atom is -0.481 e. The van der Waals surface area contributed by atoms with Gasteiger partial charge in [0.2, 0.25) is 0 Å². The van der Waals surface area contributed by atoms with Gasteiger partial charge in [-0.3, -0.25) is 4.79 Å². The smallest absolute Gasteiger partial charge is 0.309 e. The maximum Gasteiger partial charge on any atom is 0.309 e. The molecule has 1 saturated carbocycles. The number of hydrogen-bond acceptors (Lipinski definition) is 3. The molecule has 16 heavy (non-hydrogen) atoms. The van der Waals surface area contributed by atoms with Crippen molar-refractivity contribution in [3.05, 3.63) is 16.1 Å². The Labute approximate surface area is 99.5 Å². The fraction of sp³-hybridized carbons (Fsp3) is 0.667. The molecule has 3 nitrogen and oxygen atoms in total. The number of hydrogen-bond donors (Lipinski definition) is 1. The fourth-order valence-corrected chi connectivity index (χ4v) is 3.41. The molecule has 2 rings (SSSR count). The van der Waals surface area contributed by atoms with Crippen molar-refractivity contribution in [2.24, 2.45) is 0 Å². The number of nitrogens with zero attached hydrogens (tertiary/aromatic N) is 1. The van der Waals surface area contributed by atoms with Crippen LogP contribution in [0.3, 0.4) is 0 Å². The Morgan fingerprint density at radius 3 is 2.81 bits per heavy atom. The van der Waals surface area contributed by atoms with Crippen molar-refractivity contribution in [1.82, 2.24) is 4.98 Å². The van der Waals surface area contributed by atoms with Crippen LogP contribution in [0.15, 0.2) is 5.38 Å². The van der Waals surface area contributed by atoms with Crippen LogP contribution in [0.2, 0.25) is 0 Å². The van der Waals surface area contributed by atoms with Crippen molar-refractivity contribution < 1.29 is 9.90 Å². The zero-order valence-electron chi connectivity index (χ0n) is 9.53. The number of rotatable bonds is 3. The van der Waals surface area contributed by atoms with Crippen LogP contribution in [0, 0.1) is 0 Å². The largest absolute Gasteiger partial charge is 0.481 e. The SMILES string of the molecule is CC1(c2nc(CC(=O)O)cs2)CCCCC1. The van der Waals surface area contributed by atoms with Gasteiger partial charge in [0.1, 0.15) is 0 Å². The summed E-state index contributed by atoms with van der Waals surface area (Å²) in [5.74, 6) is -0.800. The Morgan fingerprint density at radius 2 is 2.19 bits per heavy atom. The maximum absolute atomic E-state index is 10.6. The number of aliphatic carboxylic acids is 1. The summed E-state index contributed by atoms with van der Waals surface area (Å²) in [7, 11) is 0. The van der Waals surface area contributed by atoms with Gasteiger partial charge in [0, 0.05) is 10.8 Å². The molecule has 0 spiro atoms. The van der Waals surface area contributed by atoms with Gasteiger partial charge in [-0.15, -0.1) is 11.3 Å². The van der Waals surface area contributed by atoms with Crippen LogP contribution in [0.4, 0.5) is 0 Å². The minimum absolute atomic E-state index is 0.0482. The Hall–Kier alpha value is -0.900. The highest BCUT2D eigenvalue weighted by molar-refractivity contribution is 7.09. The average molecular weight is 239 g/mol. The zero-order valence-corrected chi connectivity index (χ0v) is 10.3. The van der Waals surface area contributed by atoms with Gasteiger partial charge in [-0.2, -0.15) is 0 Å². The number of aromatic nitrogens is 1. The molecule has 1 aromatic heterocycles. The topological polar surface area (TPSA) is 50.2 Å². The molecule has 0 aromatic carbocycles. The second kappa shape index (κ2) is 4.53. The average Bonchev–Trinajstić information content (AvgIpc) is 2.67. The van der Waals surface area contributed by atoms with Gasteiger partial charge in [-0.05, 0) is 12.8 Å². The molecule has 1 heterocycles. The van der Waals surface area contributed by atoms with Crippen LogP contribution in [0.1, 0.15) is 49.7 Å². The third kappa shape index (κ3) is 2.43. The third-order valence-corrected chi connectivity index (χ3v) is 4.55. The molecule has 0 atom stereocenters. The standard InChI is InChI=1S/C12H17NO2S/c1-12(5-3-2-4-6-12)11-13-9(8-16-11)7-10(14)15/h8H,2-7H2,1H3,(H,14,15). The van der Waals surface area contributed by atoms with E-state index in [4.69, 9.17) is 5.11 Å². The monoisotopic (exact) mass is 239 g/mol. The summed E-state index contributed by atoms with van der Waals surface area (Å²) < 4.78 is 0. The molecule has 0 bridgehead atoms. The number of thiazole rings is 1. The van der Waals surface area contributed by atoms with E-state index in [1.54, 1.807) is 11.3 Å². The first-order valence-electron chi connectivity index (χ1n) is 5.77. The van der Waals surface area contributed by atoms with E-state index in [2.05, 4.69) is 11.9 Å². The van der Waals surface area contributed by atoms with Gasteiger partial charge < -0.3 is 5.11 Å². The molecule has 1 fully saturated rings. The first-order valence-corrected chi connectivity index (χ1v) is 6.65. The molecular formula is C12H17NO2S. The molecule has 0 radical (unpaired) electrons. The van der Waals surface area contributed by atoms with E-state index in [1.165, 1.54) is 32.1 Å². The Kier molecular flexibility index (Phi) is 3.28. The van der Waals surface area contributed by atoms with Gasteiger partial charge >= 0.3 is 5.97 Å². The quantitative estimate of drug-likeness (QED) is 0.882. The highest BCUT2D eigenvalue weighted by Gasteiger charge is 2.31. The second-order valence-electron chi connectivity index (χ2n) is 4.84. The molecule has 1 aliphatic rings. The third-order valence-electron chi connectivity index (χ3n) is 3.36. The van der Waals surface area contributed by atoms with Crippen molar-refractivity contribution in [2.45, 2.75) is 50.9 Å². The zero-order chi connectivity index (χ0) is 11.6. The molecule has 0 amide bonds. The van der Waals surface area contributed by atoms with E-state index < -0.39 is 5.97 Å². The highest BCUT2D eigenvalue weighted by Crippen LogP contribution is 2.40. The lowest BCUT2D eigenvalue weighted by Gasteiger charge is -2.31. The molecule has 0 saturated heterocycles. The van der Waals surface area contributed by atoms with Crippen molar-refractivity contribution in [1.29, 1.82) is 0 Å². The first-order chi connectivity index (χ1) is 7.60. The summed E-state index contributed by atoms with van der Waals surface area (Å²) in [6.07, 6.45) is 6.28. The molecule has 4 heteroatoms. The van der Waals surface area contributed by atoms with Crippen molar-refractivity contribution in [3.8, 4) is 0 Å². The lowest BCUT2D eigenvalue weighted by molar-refractivity contribution is -0.136. The lowest BCUT2D eigenvalue weighted by atomic mass is 9.76. The van der Waals surface area contributed by atoms with E-state index in [0.29, 0.717) is 5.69 Å². The molecular weight excluding hydrogens is 222 g/mol. The van der Waals surface area contributed by atoms with E-state index in [1.807, 2.05) is 5.38 Å². The summed E-state index contributed by atoms with van der Waals surface area (Å²) in [4.78, 5) is 15.1. The van der Waals surface area contributed by atoms with Gasteiger partial charge in [0.05, 0.1) is 17.1 Å². The molecule has 1 N–H and O–H groups in total. The van der Waals surface area contributed by atoms with Gasteiger partial charge in [-0.25, -0.2) is 4.98 Å². The Balaban J connectivity index is 2.13. The molecule has 0 aliphatic heterocycles. The number of carbonyl (C=O) groups is 1. The fourth-order valence-electron chi connectivity index (χ4n) is 2.37. The van der Waals surface area contributed by atoms with E-state index in [9.17, 15) is 4.79 Å². The molecule has 88 valence electrons. The normalized spacial score (nSPS) is 19.6. The van der Waals surface area contributed by atoms with Crippen LogP contribution in [-0.2, 0) is 16.6 Å².